The van der Waals surface area contributed by atoms with Gasteiger partial charge in [0.25, 0.3) is 0 Å². The highest BCUT2D eigenvalue weighted by molar-refractivity contribution is 5.80. The van der Waals surface area contributed by atoms with Crippen molar-refractivity contribution in [1.29, 1.82) is 0 Å². The summed E-state index contributed by atoms with van der Waals surface area (Å²) in [7, 11) is 2.88. The van der Waals surface area contributed by atoms with Crippen LogP contribution in [0.4, 0.5) is 0 Å². The largest absolute Gasteiger partial charge is 0.468 e. The second-order valence-corrected chi connectivity index (χ2v) is 3.49. The number of methoxy groups -OCH3 is 2. The molecule has 14 heavy (non-hydrogen) atoms. The summed E-state index contributed by atoms with van der Waals surface area (Å²) in [5.74, 6) is -0.484. The number of nitrogens with two attached hydrogens (primary N) is 1. The van der Waals surface area contributed by atoms with Crippen molar-refractivity contribution in [3.05, 3.63) is 0 Å². The smallest absolute Gasteiger partial charge is 0.327 e. The molecule has 0 aromatic heterocycles. The zero-order valence-corrected chi connectivity index (χ0v) is 9.20. The van der Waals surface area contributed by atoms with Crippen molar-refractivity contribution >= 4 is 5.97 Å². The van der Waals surface area contributed by atoms with E-state index in [1.165, 1.54) is 7.11 Å². The third-order valence-corrected chi connectivity index (χ3v) is 1.72. The molecule has 0 saturated carbocycles. The molecule has 5 heteroatoms. The van der Waals surface area contributed by atoms with Gasteiger partial charge in [-0.1, -0.05) is 0 Å². The van der Waals surface area contributed by atoms with Gasteiger partial charge < -0.3 is 19.9 Å². The number of rotatable bonds is 6. The van der Waals surface area contributed by atoms with Gasteiger partial charge in [0, 0.05) is 7.11 Å². The second kappa shape index (κ2) is 5.95. The molecule has 0 aliphatic rings. The summed E-state index contributed by atoms with van der Waals surface area (Å²) in [4.78, 5) is 11.1. The van der Waals surface area contributed by atoms with Gasteiger partial charge >= 0.3 is 5.97 Å². The van der Waals surface area contributed by atoms with Crippen LogP contribution in [0.5, 0.6) is 0 Å². The molecular weight excluding hydrogens is 186 g/mol. The Morgan fingerprint density at radius 3 is 2.50 bits per heavy atom. The molecule has 0 heterocycles. The van der Waals surface area contributed by atoms with Crippen molar-refractivity contribution in [3.63, 3.8) is 0 Å². The molecule has 0 saturated heterocycles. The predicted molar refractivity (Wildman–Crippen MR) is 51.9 cm³/mol. The summed E-state index contributed by atoms with van der Waals surface area (Å²) >= 11 is 0. The Bertz CT molecular complexity index is 182. The Morgan fingerprint density at radius 2 is 2.07 bits per heavy atom. The minimum atomic E-state index is -1.10. The monoisotopic (exact) mass is 205 g/mol. The third kappa shape index (κ3) is 4.55. The van der Waals surface area contributed by atoms with E-state index in [1.54, 1.807) is 14.0 Å². The molecule has 0 amide bonds. The van der Waals surface area contributed by atoms with E-state index in [2.05, 4.69) is 4.74 Å². The Hall–Kier alpha value is -0.650. The molecule has 0 fully saturated rings. The summed E-state index contributed by atoms with van der Waals surface area (Å²) in [6.45, 7) is 4.00. The lowest BCUT2D eigenvalue weighted by atomic mass is 10.1. The number of carbonyl (C=O) groups is 1. The van der Waals surface area contributed by atoms with Crippen molar-refractivity contribution in [2.24, 2.45) is 5.73 Å². The number of esters is 1. The van der Waals surface area contributed by atoms with Gasteiger partial charge in [0.1, 0.15) is 5.54 Å². The molecule has 0 aliphatic carbocycles. The lowest BCUT2D eigenvalue weighted by Crippen LogP contribution is -2.50. The third-order valence-electron chi connectivity index (χ3n) is 1.72. The molecule has 2 atom stereocenters. The minimum absolute atomic E-state index is 0.0902. The maximum atomic E-state index is 11.1. The highest BCUT2D eigenvalue weighted by Crippen LogP contribution is 2.04. The van der Waals surface area contributed by atoms with Crippen LogP contribution >= 0.6 is 0 Å². The van der Waals surface area contributed by atoms with E-state index in [1.807, 2.05) is 6.92 Å². The van der Waals surface area contributed by atoms with Gasteiger partial charge in [-0.2, -0.15) is 0 Å². The van der Waals surface area contributed by atoms with E-state index in [0.717, 1.165) is 0 Å². The van der Waals surface area contributed by atoms with E-state index < -0.39 is 11.5 Å². The first-order valence-corrected chi connectivity index (χ1v) is 4.42. The summed E-state index contributed by atoms with van der Waals surface area (Å²) in [6, 6.07) is 0. The Morgan fingerprint density at radius 1 is 1.50 bits per heavy atom. The van der Waals surface area contributed by atoms with Gasteiger partial charge in [0.2, 0.25) is 0 Å². The van der Waals surface area contributed by atoms with E-state index in [9.17, 15) is 4.79 Å². The Balaban J connectivity index is 3.92. The molecule has 0 radical (unpaired) electrons. The molecule has 2 unspecified atom stereocenters. The fraction of sp³-hybridized carbons (Fsp3) is 0.889. The van der Waals surface area contributed by atoms with Crippen LogP contribution in [0.2, 0.25) is 0 Å². The van der Waals surface area contributed by atoms with E-state index in [4.69, 9.17) is 15.2 Å². The maximum absolute atomic E-state index is 11.1. The molecule has 5 nitrogen and oxygen atoms in total. The van der Waals surface area contributed by atoms with Gasteiger partial charge in [0.15, 0.2) is 0 Å². The molecule has 0 aromatic carbocycles. The zero-order valence-electron chi connectivity index (χ0n) is 9.20. The van der Waals surface area contributed by atoms with Crippen LogP contribution in [0.25, 0.3) is 0 Å². The first kappa shape index (κ1) is 13.4. The molecule has 2 N–H and O–H groups in total. The Labute approximate surface area is 84.5 Å². The summed E-state index contributed by atoms with van der Waals surface area (Å²) in [5.41, 5.74) is 4.57. The molecular formula is C9H19NO4. The van der Waals surface area contributed by atoms with Gasteiger partial charge in [-0.05, 0) is 13.8 Å². The molecule has 0 bridgehead atoms. The van der Waals surface area contributed by atoms with Crippen LogP contribution < -0.4 is 5.73 Å². The normalized spacial score (nSPS) is 17.2. The van der Waals surface area contributed by atoms with E-state index in [0.29, 0.717) is 6.61 Å². The fourth-order valence-electron chi connectivity index (χ4n) is 0.890. The maximum Gasteiger partial charge on any atom is 0.327 e. The quantitative estimate of drug-likeness (QED) is 0.614. The molecule has 0 rings (SSSR count). The molecule has 84 valence electrons. The van der Waals surface area contributed by atoms with E-state index in [-0.39, 0.29) is 12.7 Å². The summed E-state index contributed by atoms with van der Waals surface area (Å²) in [6.07, 6.45) is -0.0902. The Kier molecular flexibility index (Phi) is 5.68. The average molecular weight is 205 g/mol. The SMILES string of the molecule is COCC(C)OCC(C)(N)C(=O)OC. The lowest BCUT2D eigenvalue weighted by molar-refractivity contribution is -0.150. The van der Waals surface area contributed by atoms with Crippen LogP contribution in [0.15, 0.2) is 0 Å². The van der Waals surface area contributed by atoms with Crippen LogP contribution in [0, 0.1) is 0 Å². The highest BCUT2D eigenvalue weighted by Gasteiger charge is 2.30. The summed E-state index contributed by atoms with van der Waals surface area (Å²) < 4.78 is 14.7. The standard InChI is InChI=1S/C9H19NO4/c1-7(5-12-3)14-6-9(2,10)8(11)13-4/h7H,5-6,10H2,1-4H3. The van der Waals surface area contributed by atoms with Gasteiger partial charge in [-0.15, -0.1) is 0 Å². The predicted octanol–water partition coefficient (Wildman–Crippen LogP) is -0.0717. The first-order chi connectivity index (χ1) is 6.44. The molecule has 0 aliphatic heterocycles. The topological polar surface area (TPSA) is 70.8 Å². The minimum Gasteiger partial charge on any atom is -0.468 e. The van der Waals surface area contributed by atoms with Crippen molar-refractivity contribution in [2.75, 3.05) is 27.4 Å². The average Bonchev–Trinajstić information content (AvgIpc) is 2.14. The van der Waals surface area contributed by atoms with Gasteiger partial charge in [-0.25, -0.2) is 4.79 Å². The summed E-state index contributed by atoms with van der Waals surface area (Å²) in [5, 5.41) is 0. The number of hydrogen-bond acceptors (Lipinski definition) is 5. The second-order valence-electron chi connectivity index (χ2n) is 3.49. The van der Waals surface area contributed by atoms with Crippen molar-refractivity contribution in [2.45, 2.75) is 25.5 Å². The number of hydrogen-bond donors (Lipinski definition) is 1. The van der Waals surface area contributed by atoms with Crippen molar-refractivity contribution in [1.82, 2.24) is 0 Å². The first-order valence-electron chi connectivity index (χ1n) is 4.42. The van der Waals surface area contributed by atoms with Crippen LogP contribution in [-0.4, -0.2) is 45.0 Å². The van der Waals surface area contributed by atoms with Crippen LogP contribution in [0.3, 0.4) is 0 Å². The van der Waals surface area contributed by atoms with Crippen molar-refractivity contribution < 1.29 is 19.0 Å². The van der Waals surface area contributed by atoms with Crippen molar-refractivity contribution in [3.8, 4) is 0 Å². The number of carbonyl (C=O) groups excluding carboxylic acids is 1. The van der Waals surface area contributed by atoms with Crippen LogP contribution in [0.1, 0.15) is 13.8 Å². The highest BCUT2D eigenvalue weighted by atomic mass is 16.5. The molecule has 0 spiro atoms. The van der Waals surface area contributed by atoms with Crippen LogP contribution in [-0.2, 0) is 19.0 Å². The lowest BCUT2D eigenvalue weighted by Gasteiger charge is -2.23. The fourth-order valence-corrected chi connectivity index (χ4v) is 0.890. The van der Waals surface area contributed by atoms with E-state index >= 15 is 0 Å². The van der Waals surface area contributed by atoms with Gasteiger partial charge in [0.05, 0.1) is 26.4 Å². The molecule has 0 aromatic rings. The number of ether oxygens (including phenoxy) is 3. The zero-order chi connectivity index (χ0) is 11.2. The van der Waals surface area contributed by atoms with Gasteiger partial charge in [-0.3, -0.25) is 0 Å².